The highest BCUT2D eigenvalue weighted by Crippen LogP contribution is 2.33. The molecule has 0 aliphatic heterocycles. The van der Waals surface area contributed by atoms with Gasteiger partial charge in [-0.15, -0.1) is 0 Å². The summed E-state index contributed by atoms with van der Waals surface area (Å²) in [5.74, 6) is -1.31. The van der Waals surface area contributed by atoms with Gasteiger partial charge in [0.1, 0.15) is 5.82 Å². The minimum absolute atomic E-state index is 0.0628. The van der Waals surface area contributed by atoms with Crippen molar-refractivity contribution in [1.29, 1.82) is 0 Å². The molecular formula is C13H12F4N4. The largest absolute Gasteiger partial charge is 0.419 e. The summed E-state index contributed by atoms with van der Waals surface area (Å²) in [6.07, 6.45) is -2.30. The number of hydrogen-bond acceptors (Lipinski definition) is 3. The van der Waals surface area contributed by atoms with Gasteiger partial charge in [-0.2, -0.15) is 18.3 Å². The Morgan fingerprint density at radius 2 is 1.95 bits per heavy atom. The number of nitrogens with zero attached hydrogens (tertiary/aromatic N) is 3. The van der Waals surface area contributed by atoms with Gasteiger partial charge in [0.05, 0.1) is 23.7 Å². The summed E-state index contributed by atoms with van der Waals surface area (Å²) in [7, 11) is 0. The van der Waals surface area contributed by atoms with Crippen LogP contribution in [0.3, 0.4) is 0 Å². The predicted octanol–water partition coefficient (Wildman–Crippen LogP) is 3.12. The Balaban J connectivity index is 2.45. The maximum Gasteiger partial charge on any atom is 0.419 e. The molecule has 0 spiro atoms. The topological polar surface area (TPSA) is 56.2 Å². The van der Waals surface area contributed by atoms with Crippen LogP contribution in [-0.4, -0.2) is 15.9 Å². The molecule has 1 heterocycles. The smallest absolute Gasteiger partial charge is 0.368 e. The third kappa shape index (κ3) is 3.21. The number of hydrogen-bond donors (Lipinski definition) is 1. The lowest BCUT2D eigenvalue weighted by molar-refractivity contribution is -0.140. The predicted molar refractivity (Wildman–Crippen MR) is 70.5 cm³/mol. The van der Waals surface area contributed by atoms with Crippen molar-refractivity contribution in [3.8, 4) is 0 Å². The number of aromatic nitrogens is 2. The molecule has 0 radical (unpaired) electrons. The Morgan fingerprint density at radius 1 is 1.29 bits per heavy atom. The van der Waals surface area contributed by atoms with Gasteiger partial charge in [0.15, 0.2) is 0 Å². The number of benzene rings is 1. The van der Waals surface area contributed by atoms with Crippen molar-refractivity contribution in [1.82, 2.24) is 9.66 Å². The van der Waals surface area contributed by atoms with Gasteiger partial charge in [-0.3, -0.25) is 0 Å². The van der Waals surface area contributed by atoms with Gasteiger partial charge >= 0.3 is 6.18 Å². The summed E-state index contributed by atoms with van der Waals surface area (Å²) < 4.78 is 53.2. The second kappa shape index (κ2) is 5.19. The average Bonchev–Trinajstić information content (AvgIpc) is 2.67. The first-order chi connectivity index (χ1) is 9.68. The molecule has 0 fully saturated rings. The van der Waals surface area contributed by atoms with Crippen LogP contribution in [-0.2, 0) is 6.18 Å². The van der Waals surface area contributed by atoms with E-state index in [9.17, 15) is 17.6 Å². The number of nitrogen functional groups attached to an aromatic ring is 1. The van der Waals surface area contributed by atoms with Crippen LogP contribution in [0.5, 0.6) is 0 Å². The van der Waals surface area contributed by atoms with E-state index in [0.717, 1.165) is 17.0 Å². The van der Waals surface area contributed by atoms with E-state index < -0.39 is 17.6 Å². The lowest BCUT2D eigenvalue weighted by atomic mass is 10.1. The summed E-state index contributed by atoms with van der Waals surface area (Å²) in [4.78, 5) is 3.87. The molecule has 0 aliphatic rings. The number of imidazole rings is 1. The highest BCUT2D eigenvalue weighted by Gasteiger charge is 2.35. The lowest BCUT2D eigenvalue weighted by Gasteiger charge is -2.10. The molecule has 112 valence electrons. The fraction of sp³-hybridized carbons (Fsp3) is 0.231. The zero-order valence-electron chi connectivity index (χ0n) is 11.2. The summed E-state index contributed by atoms with van der Waals surface area (Å²) in [6, 6.07) is 2.02. The van der Waals surface area contributed by atoms with E-state index in [1.807, 2.05) is 0 Å². The molecule has 2 aromatic rings. The van der Waals surface area contributed by atoms with Gasteiger partial charge in [0.25, 0.3) is 0 Å². The molecule has 0 saturated carbocycles. The molecular weight excluding hydrogens is 288 g/mol. The van der Waals surface area contributed by atoms with Crippen LogP contribution in [0.15, 0.2) is 23.4 Å². The van der Waals surface area contributed by atoms with E-state index in [4.69, 9.17) is 5.73 Å². The van der Waals surface area contributed by atoms with Crippen molar-refractivity contribution in [3.63, 3.8) is 0 Å². The lowest BCUT2D eigenvalue weighted by Crippen LogP contribution is -2.11. The molecule has 0 unspecified atom stereocenters. The Hall–Kier alpha value is -2.38. The van der Waals surface area contributed by atoms with Crippen LogP contribution >= 0.6 is 0 Å². The Labute approximate surface area is 117 Å². The number of rotatable bonds is 2. The molecule has 21 heavy (non-hydrogen) atoms. The maximum atomic E-state index is 13.9. The first kappa shape index (κ1) is 15.0. The molecule has 0 bridgehead atoms. The summed E-state index contributed by atoms with van der Waals surface area (Å²) in [5.41, 5.74) is 4.81. The number of aryl methyl sites for hydroxylation is 2. The van der Waals surface area contributed by atoms with Crippen LogP contribution in [0.4, 0.5) is 23.5 Å². The minimum Gasteiger partial charge on any atom is -0.368 e. The van der Waals surface area contributed by atoms with Crippen LogP contribution in [0, 0.1) is 19.7 Å². The second-order valence-electron chi connectivity index (χ2n) is 4.54. The van der Waals surface area contributed by atoms with Crippen LogP contribution in [0.1, 0.15) is 22.4 Å². The molecule has 1 aromatic carbocycles. The van der Waals surface area contributed by atoms with Gasteiger partial charge in [-0.25, -0.2) is 14.1 Å². The average molecular weight is 300 g/mol. The van der Waals surface area contributed by atoms with E-state index in [1.54, 1.807) is 6.92 Å². The molecule has 8 heteroatoms. The first-order valence-corrected chi connectivity index (χ1v) is 5.91. The third-order valence-corrected chi connectivity index (χ3v) is 2.71. The van der Waals surface area contributed by atoms with Crippen LogP contribution in [0.25, 0.3) is 0 Å². The monoisotopic (exact) mass is 300 g/mol. The molecule has 0 saturated heterocycles. The second-order valence-corrected chi connectivity index (χ2v) is 4.54. The fourth-order valence-corrected chi connectivity index (χ4v) is 1.82. The van der Waals surface area contributed by atoms with Crippen LogP contribution < -0.4 is 5.73 Å². The Bertz CT molecular complexity index is 701. The van der Waals surface area contributed by atoms with E-state index in [2.05, 4.69) is 10.1 Å². The summed E-state index contributed by atoms with van der Waals surface area (Å²) in [6.45, 7) is 3.12. The van der Waals surface area contributed by atoms with Crippen molar-refractivity contribution < 1.29 is 17.6 Å². The van der Waals surface area contributed by atoms with Crippen molar-refractivity contribution >= 4 is 12.2 Å². The van der Waals surface area contributed by atoms with Crippen molar-refractivity contribution in [2.45, 2.75) is 20.0 Å². The molecule has 0 aliphatic carbocycles. The summed E-state index contributed by atoms with van der Waals surface area (Å²) in [5, 5.41) is 3.82. The highest BCUT2D eigenvalue weighted by molar-refractivity contribution is 5.80. The standard InChI is InChI=1S/C13H12F4N4/c1-7-3-9(11(14)10(4-7)13(15,16)17)5-19-21-6-8(2)20-12(21)18/h3-6H,1-2H3,(H2,18,20). The van der Waals surface area contributed by atoms with E-state index in [0.29, 0.717) is 5.69 Å². The van der Waals surface area contributed by atoms with Crippen molar-refractivity contribution in [2.24, 2.45) is 5.10 Å². The normalized spacial score (nSPS) is 12.3. The highest BCUT2D eigenvalue weighted by atomic mass is 19.4. The van der Waals surface area contributed by atoms with Crippen molar-refractivity contribution in [2.75, 3.05) is 5.73 Å². The van der Waals surface area contributed by atoms with Gasteiger partial charge < -0.3 is 5.73 Å². The van der Waals surface area contributed by atoms with Crippen molar-refractivity contribution in [3.05, 3.63) is 46.5 Å². The maximum absolute atomic E-state index is 13.9. The molecule has 4 nitrogen and oxygen atoms in total. The third-order valence-electron chi connectivity index (χ3n) is 2.71. The molecule has 0 atom stereocenters. The zero-order valence-corrected chi connectivity index (χ0v) is 11.2. The van der Waals surface area contributed by atoms with Gasteiger partial charge in [0.2, 0.25) is 5.95 Å². The summed E-state index contributed by atoms with van der Waals surface area (Å²) >= 11 is 0. The first-order valence-electron chi connectivity index (χ1n) is 5.91. The molecule has 0 amide bonds. The quantitative estimate of drug-likeness (QED) is 0.684. The fourth-order valence-electron chi connectivity index (χ4n) is 1.82. The molecule has 1 aromatic heterocycles. The van der Waals surface area contributed by atoms with Crippen LogP contribution in [0.2, 0.25) is 0 Å². The van der Waals surface area contributed by atoms with Gasteiger partial charge in [0, 0.05) is 5.56 Å². The number of alkyl halides is 3. The van der Waals surface area contributed by atoms with E-state index >= 15 is 0 Å². The number of halogens is 4. The van der Waals surface area contributed by atoms with Gasteiger partial charge in [-0.05, 0) is 31.5 Å². The molecule has 2 rings (SSSR count). The Morgan fingerprint density at radius 3 is 2.48 bits per heavy atom. The SMILES string of the molecule is Cc1cc(C=Nn2cc(C)nc2N)c(F)c(C(F)(F)F)c1. The zero-order chi connectivity index (χ0) is 15.8. The number of nitrogens with two attached hydrogens (primary N) is 1. The Kier molecular flexibility index (Phi) is 3.71. The number of anilines is 1. The van der Waals surface area contributed by atoms with Gasteiger partial charge in [-0.1, -0.05) is 0 Å². The minimum atomic E-state index is -4.76. The van der Waals surface area contributed by atoms with E-state index in [-0.39, 0.29) is 17.1 Å². The van der Waals surface area contributed by atoms with E-state index in [1.165, 1.54) is 19.2 Å². The molecule has 2 N–H and O–H groups in total.